The van der Waals surface area contributed by atoms with E-state index in [0.29, 0.717) is 0 Å². The molecular formula is C15H22O4. The van der Waals surface area contributed by atoms with Crippen molar-refractivity contribution in [3.05, 3.63) is 35.4 Å². The highest BCUT2D eigenvalue weighted by Crippen LogP contribution is 2.27. The third-order valence-corrected chi connectivity index (χ3v) is 3.46. The normalized spacial score (nSPS) is 13.3. The van der Waals surface area contributed by atoms with Crippen molar-refractivity contribution < 1.29 is 19.7 Å². The van der Waals surface area contributed by atoms with Crippen LogP contribution in [0.4, 0.5) is 0 Å². The van der Waals surface area contributed by atoms with Gasteiger partial charge in [-0.15, -0.1) is 0 Å². The lowest BCUT2D eigenvalue weighted by Crippen LogP contribution is -2.16. The first-order chi connectivity index (χ1) is 8.86. The van der Waals surface area contributed by atoms with E-state index in [-0.39, 0.29) is 12.0 Å². The van der Waals surface area contributed by atoms with Crippen LogP contribution in [-0.2, 0) is 14.9 Å². The van der Waals surface area contributed by atoms with Gasteiger partial charge in [-0.1, -0.05) is 45.0 Å². The molecule has 2 N–H and O–H groups in total. The predicted molar refractivity (Wildman–Crippen MR) is 73.2 cm³/mol. The number of rotatable bonds is 7. The fourth-order valence-corrected chi connectivity index (χ4v) is 1.71. The van der Waals surface area contributed by atoms with E-state index in [9.17, 15) is 9.90 Å². The molecule has 1 rings (SSSR count). The molecule has 106 valence electrons. The van der Waals surface area contributed by atoms with Crippen LogP contribution >= 0.6 is 0 Å². The van der Waals surface area contributed by atoms with Gasteiger partial charge in [0, 0.05) is 0 Å². The number of aliphatic hydroxyl groups is 1. The quantitative estimate of drug-likeness (QED) is 0.795. The summed E-state index contributed by atoms with van der Waals surface area (Å²) in [6.07, 6.45) is 0.245. The first-order valence-corrected chi connectivity index (χ1v) is 6.45. The molecule has 0 aliphatic rings. The molecule has 4 nitrogen and oxygen atoms in total. The van der Waals surface area contributed by atoms with Gasteiger partial charge in [0.2, 0.25) is 0 Å². The van der Waals surface area contributed by atoms with Crippen LogP contribution in [0.15, 0.2) is 24.3 Å². The Morgan fingerprint density at radius 1 is 1.32 bits per heavy atom. The molecule has 0 aliphatic carbocycles. The second kappa shape index (κ2) is 6.68. The monoisotopic (exact) mass is 266 g/mol. The number of hydrogen-bond acceptors (Lipinski definition) is 3. The minimum Gasteiger partial charge on any atom is -0.480 e. The second-order valence-electron chi connectivity index (χ2n) is 5.28. The van der Waals surface area contributed by atoms with Crippen molar-refractivity contribution in [2.45, 2.75) is 38.7 Å². The van der Waals surface area contributed by atoms with E-state index < -0.39 is 18.7 Å². The highest BCUT2D eigenvalue weighted by molar-refractivity contribution is 5.67. The third-order valence-electron chi connectivity index (χ3n) is 3.46. The Morgan fingerprint density at radius 2 is 1.89 bits per heavy atom. The Morgan fingerprint density at radius 3 is 2.37 bits per heavy atom. The molecule has 1 aromatic rings. The molecule has 0 aromatic heterocycles. The number of hydrogen-bond donors (Lipinski definition) is 2. The number of carboxylic acids is 1. The number of benzene rings is 1. The number of carbonyl (C=O) groups is 1. The molecule has 0 saturated heterocycles. The number of aliphatic hydroxyl groups excluding tert-OH is 1. The Balaban J connectivity index is 2.63. The summed E-state index contributed by atoms with van der Waals surface area (Å²) in [6.45, 7) is 6.09. The summed E-state index contributed by atoms with van der Waals surface area (Å²) < 4.78 is 4.88. The van der Waals surface area contributed by atoms with E-state index in [2.05, 4.69) is 20.8 Å². The van der Waals surface area contributed by atoms with Gasteiger partial charge in [-0.3, -0.25) is 0 Å². The molecule has 19 heavy (non-hydrogen) atoms. The van der Waals surface area contributed by atoms with E-state index in [0.717, 1.165) is 12.0 Å². The van der Waals surface area contributed by atoms with E-state index in [4.69, 9.17) is 9.84 Å². The average Bonchev–Trinajstić information content (AvgIpc) is 2.38. The lowest BCUT2D eigenvalue weighted by Gasteiger charge is -2.23. The van der Waals surface area contributed by atoms with Crippen molar-refractivity contribution in [3.63, 3.8) is 0 Å². The van der Waals surface area contributed by atoms with E-state index in [1.807, 2.05) is 24.3 Å². The fraction of sp³-hybridized carbons (Fsp3) is 0.533. The molecule has 0 fully saturated rings. The second-order valence-corrected chi connectivity index (χ2v) is 5.28. The van der Waals surface area contributed by atoms with Crippen LogP contribution in [0.1, 0.15) is 44.4 Å². The number of aliphatic carboxylic acids is 1. The number of carboxylic acid groups (broad SMARTS) is 1. The van der Waals surface area contributed by atoms with Gasteiger partial charge >= 0.3 is 5.97 Å². The molecule has 1 unspecified atom stereocenters. The van der Waals surface area contributed by atoms with Crippen LogP contribution < -0.4 is 0 Å². The zero-order valence-corrected chi connectivity index (χ0v) is 11.7. The van der Waals surface area contributed by atoms with Crippen molar-refractivity contribution in [3.8, 4) is 0 Å². The van der Waals surface area contributed by atoms with Gasteiger partial charge in [-0.05, 0) is 23.0 Å². The lowest BCUT2D eigenvalue weighted by atomic mass is 9.82. The minimum atomic E-state index is -1.03. The highest BCUT2D eigenvalue weighted by atomic mass is 16.5. The maximum atomic E-state index is 10.3. The SMILES string of the molecule is CCC(C)(C)c1ccc(C(O)COCC(=O)O)cc1. The van der Waals surface area contributed by atoms with E-state index in [1.165, 1.54) is 5.56 Å². The van der Waals surface area contributed by atoms with Crippen LogP contribution in [0.3, 0.4) is 0 Å². The molecule has 1 atom stereocenters. The maximum absolute atomic E-state index is 10.3. The molecule has 0 spiro atoms. The average molecular weight is 266 g/mol. The van der Waals surface area contributed by atoms with Crippen LogP contribution in [0.25, 0.3) is 0 Å². The van der Waals surface area contributed by atoms with Crippen molar-refractivity contribution in [2.75, 3.05) is 13.2 Å². The predicted octanol–water partition coefficient (Wildman–Crippen LogP) is 2.51. The molecule has 0 amide bonds. The Bertz CT molecular complexity index is 409. The largest absolute Gasteiger partial charge is 0.480 e. The van der Waals surface area contributed by atoms with Gasteiger partial charge in [-0.2, -0.15) is 0 Å². The highest BCUT2D eigenvalue weighted by Gasteiger charge is 2.18. The zero-order chi connectivity index (χ0) is 14.5. The first-order valence-electron chi connectivity index (χ1n) is 6.45. The van der Waals surface area contributed by atoms with E-state index >= 15 is 0 Å². The van der Waals surface area contributed by atoms with Crippen LogP contribution in [0.2, 0.25) is 0 Å². The summed E-state index contributed by atoms with van der Waals surface area (Å²) >= 11 is 0. The standard InChI is InChI=1S/C15H22O4/c1-4-15(2,3)12-7-5-11(6-8-12)13(16)9-19-10-14(17)18/h5-8,13,16H,4,9-10H2,1-3H3,(H,17,18). The van der Waals surface area contributed by atoms with Crippen molar-refractivity contribution in [1.82, 2.24) is 0 Å². The van der Waals surface area contributed by atoms with Gasteiger partial charge in [0.05, 0.1) is 6.61 Å². The van der Waals surface area contributed by atoms with Gasteiger partial charge < -0.3 is 14.9 Å². The van der Waals surface area contributed by atoms with Crippen LogP contribution in [0.5, 0.6) is 0 Å². The van der Waals surface area contributed by atoms with Gasteiger partial charge in [0.15, 0.2) is 0 Å². The van der Waals surface area contributed by atoms with Gasteiger partial charge in [0.1, 0.15) is 12.7 Å². The molecule has 4 heteroatoms. The zero-order valence-electron chi connectivity index (χ0n) is 11.7. The van der Waals surface area contributed by atoms with E-state index in [1.54, 1.807) is 0 Å². The van der Waals surface area contributed by atoms with Crippen LogP contribution in [0, 0.1) is 0 Å². The summed E-state index contributed by atoms with van der Waals surface area (Å²) in [6, 6.07) is 7.72. The number of ether oxygens (including phenoxy) is 1. The lowest BCUT2D eigenvalue weighted by molar-refractivity contribution is -0.143. The fourth-order valence-electron chi connectivity index (χ4n) is 1.71. The third kappa shape index (κ3) is 4.65. The molecule has 0 radical (unpaired) electrons. The minimum absolute atomic E-state index is 0.0111. The van der Waals surface area contributed by atoms with Crippen molar-refractivity contribution >= 4 is 5.97 Å². The first kappa shape index (κ1) is 15.7. The summed E-state index contributed by atoms with van der Waals surface area (Å²) in [4.78, 5) is 10.3. The molecule has 0 aliphatic heterocycles. The Kier molecular flexibility index (Phi) is 5.51. The smallest absolute Gasteiger partial charge is 0.329 e. The Hall–Kier alpha value is -1.39. The topological polar surface area (TPSA) is 66.8 Å². The van der Waals surface area contributed by atoms with Crippen LogP contribution in [-0.4, -0.2) is 29.4 Å². The summed E-state index contributed by atoms with van der Waals surface area (Å²) in [5, 5.41) is 18.3. The molecular weight excluding hydrogens is 244 g/mol. The molecule has 1 aromatic carbocycles. The molecule has 0 heterocycles. The summed E-state index contributed by atoms with van der Waals surface area (Å²) in [5.41, 5.74) is 2.07. The molecule has 0 bridgehead atoms. The maximum Gasteiger partial charge on any atom is 0.329 e. The molecule has 0 saturated carbocycles. The van der Waals surface area contributed by atoms with Crippen molar-refractivity contribution in [2.24, 2.45) is 0 Å². The van der Waals surface area contributed by atoms with Gasteiger partial charge in [-0.25, -0.2) is 4.79 Å². The van der Waals surface area contributed by atoms with Crippen molar-refractivity contribution in [1.29, 1.82) is 0 Å². The van der Waals surface area contributed by atoms with Gasteiger partial charge in [0.25, 0.3) is 0 Å². The Labute approximate surface area is 114 Å². The summed E-state index contributed by atoms with van der Waals surface area (Å²) in [7, 11) is 0. The summed E-state index contributed by atoms with van der Waals surface area (Å²) in [5.74, 6) is -1.03.